The average molecular weight is 325 g/mol. The first-order chi connectivity index (χ1) is 11.2. The summed E-state index contributed by atoms with van der Waals surface area (Å²) in [5.74, 6) is 0.807. The van der Waals surface area contributed by atoms with Crippen molar-refractivity contribution in [3.8, 4) is 0 Å². The highest BCUT2D eigenvalue weighted by molar-refractivity contribution is 6.30. The van der Waals surface area contributed by atoms with Crippen LogP contribution in [0.1, 0.15) is 35.2 Å². The molecule has 0 unspecified atom stereocenters. The van der Waals surface area contributed by atoms with E-state index in [-0.39, 0.29) is 12.1 Å². The van der Waals surface area contributed by atoms with Gasteiger partial charge in [-0.2, -0.15) is 10.1 Å². The van der Waals surface area contributed by atoms with Crippen molar-refractivity contribution in [2.24, 2.45) is 0 Å². The minimum atomic E-state index is 0.150. The van der Waals surface area contributed by atoms with Crippen molar-refractivity contribution in [2.75, 3.05) is 5.32 Å². The second-order valence-electron chi connectivity index (χ2n) is 5.94. The van der Waals surface area contributed by atoms with Crippen molar-refractivity contribution >= 4 is 17.5 Å². The molecule has 2 aromatic carbocycles. The van der Waals surface area contributed by atoms with Crippen molar-refractivity contribution in [3.05, 3.63) is 76.6 Å². The lowest BCUT2D eigenvalue weighted by atomic mass is 9.93. The first-order valence-corrected chi connectivity index (χ1v) is 8.06. The Morgan fingerprint density at radius 2 is 1.74 bits per heavy atom. The Labute approximate surface area is 140 Å². The summed E-state index contributed by atoms with van der Waals surface area (Å²) in [6.45, 7) is 2.10. The Bertz CT molecular complexity index is 808. The molecule has 0 radical (unpaired) electrons. The fraction of sp³-hybridized carbons (Fsp3) is 0.222. The topological polar surface area (TPSA) is 42.7 Å². The first-order valence-electron chi connectivity index (χ1n) is 7.69. The van der Waals surface area contributed by atoms with Gasteiger partial charge >= 0.3 is 0 Å². The highest BCUT2D eigenvalue weighted by Gasteiger charge is 2.29. The average Bonchev–Trinajstić information content (AvgIpc) is 3.04. The van der Waals surface area contributed by atoms with Gasteiger partial charge in [-0.3, -0.25) is 0 Å². The van der Waals surface area contributed by atoms with Gasteiger partial charge in [-0.15, -0.1) is 0 Å². The zero-order chi connectivity index (χ0) is 15.8. The molecular weight excluding hydrogens is 308 g/mol. The molecular formula is C18H17ClN4. The number of fused-ring (bicyclic) bond motifs is 1. The lowest BCUT2D eigenvalue weighted by Gasteiger charge is -2.31. The van der Waals surface area contributed by atoms with Crippen LogP contribution in [0.3, 0.4) is 0 Å². The molecule has 0 saturated heterocycles. The zero-order valence-corrected chi connectivity index (χ0v) is 13.5. The number of benzene rings is 2. The number of anilines is 1. The number of nitrogens with one attached hydrogen (secondary N) is 1. The van der Waals surface area contributed by atoms with E-state index in [9.17, 15) is 0 Å². The van der Waals surface area contributed by atoms with Crippen molar-refractivity contribution < 1.29 is 0 Å². The van der Waals surface area contributed by atoms with E-state index >= 15 is 0 Å². The van der Waals surface area contributed by atoms with Crippen molar-refractivity contribution in [1.82, 2.24) is 14.8 Å². The van der Waals surface area contributed by atoms with Crippen LogP contribution in [0, 0.1) is 6.92 Å². The molecule has 23 heavy (non-hydrogen) atoms. The second-order valence-corrected chi connectivity index (χ2v) is 6.38. The van der Waals surface area contributed by atoms with E-state index in [1.165, 1.54) is 16.7 Å². The molecule has 4 rings (SSSR count). The molecule has 4 nitrogen and oxygen atoms in total. The monoisotopic (exact) mass is 324 g/mol. The van der Waals surface area contributed by atoms with Gasteiger partial charge in [0.15, 0.2) is 0 Å². The Morgan fingerprint density at radius 3 is 2.48 bits per heavy atom. The van der Waals surface area contributed by atoms with Crippen LogP contribution in [-0.4, -0.2) is 14.8 Å². The van der Waals surface area contributed by atoms with Crippen LogP contribution in [0.5, 0.6) is 0 Å². The molecule has 2 atom stereocenters. The predicted molar refractivity (Wildman–Crippen MR) is 91.8 cm³/mol. The van der Waals surface area contributed by atoms with Gasteiger partial charge in [0, 0.05) is 5.02 Å². The lowest BCUT2D eigenvalue weighted by molar-refractivity contribution is 0.431. The molecule has 1 N–H and O–H groups in total. The van der Waals surface area contributed by atoms with Crippen LogP contribution in [0.2, 0.25) is 5.02 Å². The Hall–Kier alpha value is -2.33. The molecule has 0 bridgehead atoms. The van der Waals surface area contributed by atoms with E-state index in [1.807, 2.05) is 16.8 Å². The maximum atomic E-state index is 6.02. The smallest absolute Gasteiger partial charge is 0.222 e. The number of nitrogens with zero attached hydrogens (tertiary/aromatic N) is 3. The maximum absolute atomic E-state index is 6.02. The zero-order valence-electron chi connectivity index (χ0n) is 12.8. The number of rotatable bonds is 2. The molecule has 0 saturated carbocycles. The molecule has 0 amide bonds. The molecule has 0 aliphatic carbocycles. The van der Waals surface area contributed by atoms with Gasteiger partial charge in [-0.25, -0.2) is 4.68 Å². The van der Waals surface area contributed by atoms with Crippen LogP contribution in [-0.2, 0) is 0 Å². The van der Waals surface area contributed by atoms with Crippen LogP contribution in [0.4, 0.5) is 5.95 Å². The number of hydrogen-bond donors (Lipinski definition) is 1. The third-order valence-corrected chi connectivity index (χ3v) is 4.62. The van der Waals surface area contributed by atoms with E-state index in [2.05, 4.69) is 58.7 Å². The number of aryl methyl sites for hydroxylation is 1. The summed E-state index contributed by atoms with van der Waals surface area (Å²) < 4.78 is 1.95. The van der Waals surface area contributed by atoms with E-state index in [1.54, 1.807) is 6.33 Å². The summed E-state index contributed by atoms with van der Waals surface area (Å²) in [6, 6.07) is 17.0. The van der Waals surface area contributed by atoms with Crippen molar-refractivity contribution in [2.45, 2.75) is 25.4 Å². The molecule has 3 aromatic rings. The molecule has 1 aliphatic rings. The van der Waals surface area contributed by atoms with E-state index in [0.717, 1.165) is 17.4 Å². The third-order valence-electron chi connectivity index (χ3n) is 4.37. The fourth-order valence-electron chi connectivity index (χ4n) is 3.10. The normalized spacial score (nSPS) is 19.9. The molecule has 0 fully saturated rings. The summed E-state index contributed by atoms with van der Waals surface area (Å²) in [5, 5.41) is 8.62. The summed E-state index contributed by atoms with van der Waals surface area (Å²) in [7, 11) is 0. The summed E-state index contributed by atoms with van der Waals surface area (Å²) in [4.78, 5) is 4.36. The highest BCUT2D eigenvalue weighted by atomic mass is 35.5. The van der Waals surface area contributed by atoms with Crippen LogP contribution in [0.15, 0.2) is 54.9 Å². The Morgan fingerprint density at radius 1 is 1.04 bits per heavy atom. The highest BCUT2D eigenvalue weighted by Crippen LogP contribution is 2.37. The van der Waals surface area contributed by atoms with Gasteiger partial charge in [0.05, 0.1) is 12.1 Å². The quantitative estimate of drug-likeness (QED) is 0.760. The predicted octanol–water partition coefficient (Wildman–Crippen LogP) is 4.39. The van der Waals surface area contributed by atoms with Gasteiger partial charge in [0.2, 0.25) is 5.95 Å². The molecule has 1 aliphatic heterocycles. The number of hydrogen-bond acceptors (Lipinski definition) is 3. The summed E-state index contributed by atoms with van der Waals surface area (Å²) in [5.41, 5.74) is 3.73. The molecule has 1 aromatic heterocycles. The SMILES string of the molecule is Cc1ccc([C@@H]2C[C@H](c3ccc(Cl)cc3)n3ncnc3N2)cc1. The molecule has 0 spiro atoms. The standard InChI is InChI=1S/C18H17ClN4/c1-12-2-4-13(5-3-12)16-10-17(14-6-8-15(19)9-7-14)23-18(22-16)20-11-21-23/h2-9,11,16-17H,10H2,1H3,(H,20,21,22)/t16-,17+/m0/s1. The Kier molecular flexibility index (Phi) is 3.54. The number of aromatic nitrogens is 3. The van der Waals surface area contributed by atoms with Crippen LogP contribution < -0.4 is 5.32 Å². The van der Waals surface area contributed by atoms with E-state index in [4.69, 9.17) is 11.6 Å². The molecule has 5 heteroatoms. The van der Waals surface area contributed by atoms with Gasteiger partial charge in [0.1, 0.15) is 6.33 Å². The van der Waals surface area contributed by atoms with E-state index in [0.29, 0.717) is 0 Å². The minimum Gasteiger partial charge on any atom is -0.348 e. The maximum Gasteiger partial charge on any atom is 0.222 e. The fourth-order valence-corrected chi connectivity index (χ4v) is 3.23. The van der Waals surface area contributed by atoms with Gasteiger partial charge < -0.3 is 5.32 Å². The second kappa shape index (κ2) is 5.70. The number of halogens is 1. The first kappa shape index (κ1) is 14.3. The molecule has 2 heterocycles. The van der Waals surface area contributed by atoms with Crippen LogP contribution in [0.25, 0.3) is 0 Å². The van der Waals surface area contributed by atoms with Gasteiger partial charge in [-0.1, -0.05) is 53.6 Å². The lowest BCUT2D eigenvalue weighted by Crippen LogP contribution is -2.28. The van der Waals surface area contributed by atoms with Crippen molar-refractivity contribution in [1.29, 1.82) is 0 Å². The summed E-state index contributed by atoms with van der Waals surface area (Å²) in [6.07, 6.45) is 2.52. The van der Waals surface area contributed by atoms with Crippen molar-refractivity contribution in [3.63, 3.8) is 0 Å². The molecule has 116 valence electrons. The minimum absolute atomic E-state index is 0.150. The van der Waals surface area contributed by atoms with Gasteiger partial charge in [0.25, 0.3) is 0 Å². The van der Waals surface area contributed by atoms with Gasteiger partial charge in [-0.05, 0) is 36.6 Å². The largest absolute Gasteiger partial charge is 0.348 e. The van der Waals surface area contributed by atoms with E-state index < -0.39 is 0 Å². The summed E-state index contributed by atoms with van der Waals surface area (Å²) >= 11 is 6.02. The van der Waals surface area contributed by atoms with Crippen LogP contribution >= 0.6 is 11.6 Å². The Balaban J connectivity index is 1.71. The third kappa shape index (κ3) is 2.70.